The van der Waals surface area contributed by atoms with Crippen molar-refractivity contribution in [1.29, 1.82) is 0 Å². The minimum absolute atomic E-state index is 0.220. The molecule has 1 aliphatic rings. The molecule has 0 aromatic carbocycles. The zero-order chi connectivity index (χ0) is 19.2. The highest BCUT2D eigenvalue weighted by molar-refractivity contribution is 5.88. The summed E-state index contributed by atoms with van der Waals surface area (Å²) in [5, 5.41) is 1.16. The van der Waals surface area contributed by atoms with Crippen molar-refractivity contribution in [3.63, 3.8) is 0 Å². The number of nitrogens with two attached hydrogens (primary N) is 1. The molecule has 0 saturated carbocycles. The van der Waals surface area contributed by atoms with Crippen molar-refractivity contribution in [2.45, 2.75) is 52.6 Å². The number of ether oxygens (including phenoxy) is 1. The zero-order valence-corrected chi connectivity index (χ0v) is 16.7. The Morgan fingerprint density at radius 1 is 1.38 bits per heavy atom. The van der Waals surface area contributed by atoms with E-state index in [1.54, 1.807) is 6.20 Å². The second-order valence-electron chi connectivity index (χ2n) is 8.53. The molecule has 2 atom stereocenters. The van der Waals surface area contributed by atoms with Crippen molar-refractivity contribution in [2.75, 3.05) is 18.8 Å². The van der Waals surface area contributed by atoms with E-state index in [9.17, 15) is 4.79 Å². The number of nitrogens with zero attached hydrogens (tertiary/aromatic N) is 3. The number of aromatic nitrogens is 2. The maximum Gasteiger partial charge on any atom is 0.410 e. The summed E-state index contributed by atoms with van der Waals surface area (Å²) in [4.78, 5) is 18.7. The van der Waals surface area contributed by atoms with E-state index in [1.807, 2.05) is 32.7 Å². The topological polar surface area (TPSA) is 73.4 Å². The lowest BCUT2D eigenvalue weighted by Gasteiger charge is -2.37. The molecular formula is C20H30N4O2. The first-order valence-corrected chi connectivity index (χ1v) is 9.26. The first kappa shape index (κ1) is 18.5. The van der Waals surface area contributed by atoms with Crippen molar-refractivity contribution in [1.82, 2.24) is 14.5 Å². The maximum atomic E-state index is 12.4. The molecule has 0 aliphatic carbocycles. The molecule has 1 aliphatic heterocycles. The van der Waals surface area contributed by atoms with E-state index in [4.69, 9.17) is 10.5 Å². The number of pyridine rings is 1. The minimum Gasteiger partial charge on any atom is -0.444 e. The minimum atomic E-state index is -0.465. The summed E-state index contributed by atoms with van der Waals surface area (Å²) in [6.45, 7) is 11.4. The van der Waals surface area contributed by atoms with Crippen molar-refractivity contribution < 1.29 is 9.53 Å². The van der Waals surface area contributed by atoms with Gasteiger partial charge >= 0.3 is 6.09 Å². The fourth-order valence-electron chi connectivity index (χ4n) is 3.93. The molecule has 6 heteroatoms. The number of anilines is 1. The van der Waals surface area contributed by atoms with Crippen molar-refractivity contribution in [2.24, 2.45) is 13.0 Å². The molecule has 2 N–H and O–H groups in total. The summed E-state index contributed by atoms with van der Waals surface area (Å²) in [5.74, 6) is 0.711. The van der Waals surface area contributed by atoms with Crippen LogP contribution in [0.1, 0.15) is 51.2 Å². The van der Waals surface area contributed by atoms with Crippen LogP contribution in [0.5, 0.6) is 0 Å². The smallest absolute Gasteiger partial charge is 0.410 e. The molecule has 26 heavy (non-hydrogen) atoms. The van der Waals surface area contributed by atoms with Gasteiger partial charge in [-0.15, -0.1) is 0 Å². The van der Waals surface area contributed by atoms with Crippen molar-refractivity contribution in [3.05, 3.63) is 23.5 Å². The summed E-state index contributed by atoms with van der Waals surface area (Å²) in [6.07, 6.45) is 4.60. The largest absolute Gasteiger partial charge is 0.444 e. The molecule has 3 rings (SSSR count). The van der Waals surface area contributed by atoms with Crippen molar-refractivity contribution >= 4 is 22.8 Å². The Morgan fingerprint density at radius 3 is 2.69 bits per heavy atom. The average molecular weight is 358 g/mol. The van der Waals surface area contributed by atoms with E-state index in [0.29, 0.717) is 24.9 Å². The molecule has 1 fully saturated rings. The van der Waals surface area contributed by atoms with Crippen LogP contribution in [0.3, 0.4) is 0 Å². The number of hydrogen-bond donors (Lipinski definition) is 1. The van der Waals surface area contributed by atoms with Crippen molar-refractivity contribution in [3.8, 4) is 0 Å². The zero-order valence-electron chi connectivity index (χ0n) is 16.7. The molecule has 2 unspecified atom stereocenters. The Labute approximate surface area is 155 Å². The van der Waals surface area contributed by atoms with Crippen LogP contribution in [0.2, 0.25) is 0 Å². The third-order valence-corrected chi connectivity index (χ3v) is 5.27. The van der Waals surface area contributed by atoms with Gasteiger partial charge in [-0.3, -0.25) is 0 Å². The number of carbonyl (C=O) groups excluding carboxylic acids is 1. The van der Waals surface area contributed by atoms with Crippen LogP contribution >= 0.6 is 0 Å². The van der Waals surface area contributed by atoms with Gasteiger partial charge in [-0.2, -0.15) is 0 Å². The maximum absolute atomic E-state index is 12.4. The number of likely N-dealkylation sites (tertiary alicyclic amines) is 1. The van der Waals surface area contributed by atoms with E-state index in [-0.39, 0.29) is 6.09 Å². The summed E-state index contributed by atoms with van der Waals surface area (Å²) in [7, 11) is 2.02. The molecule has 0 bridgehead atoms. The van der Waals surface area contributed by atoms with Crippen LogP contribution in [0.15, 0.2) is 12.4 Å². The fourth-order valence-corrected chi connectivity index (χ4v) is 3.93. The molecule has 2 aromatic heterocycles. The molecule has 3 heterocycles. The molecule has 1 saturated heterocycles. The average Bonchev–Trinajstić information content (AvgIpc) is 2.86. The monoisotopic (exact) mass is 358 g/mol. The van der Waals surface area contributed by atoms with Gasteiger partial charge in [-0.1, -0.05) is 6.92 Å². The number of carbonyl (C=O) groups is 1. The first-order chi connectivity index (χ1) is 12.1. The Hall–Kier alpha value is -2.24. The molecule has 6 nitrogen and oxygen atoms in total. The first-order valence-electron chi connectivity index (χ1n) is 9.26. The number of fused-ring (bicyclic) bond motifs is 1. The Balaban J connectivity index is 1.86. The SMILES string of the molecule is Cc1c(N)cnc2c1c(C1CCN(C(=O)OC(C)(C)C)CC1C)cn2C. The normalized spacial score (nSPS) is 21.2. The van der Waals surface area contributed by atoms with Gasteiger partial charge in [-0.05, 0) is 57.1 Å². The number of aryl methyl sites for hydroxylation is 2. The predicted molar refractivity (Wildman–Crippen MR) is 104 cm³/mol. The molecule has 0 radical (unpaired) electrons. The van der Waals surface area contributed by atoms with Gasteiger partial charge in [-0.25, -0.2) is 9.78 Å². The summed E-state index contributed by atoms with van der Waals surface area (Å²) in [5.41, 5.74) is 9.71. The van der Waals surface area contributed by atoms with Crippen LogP contribution in [-0.2, 0) is 11.8 Å². The standard InChI is InChI=1S/C20H30N4O2/c1-12-10-24(19(25)26-20(3,4)5)8-7-14(12)15-11-23(6)18-17(15)13(2)16(21)9-22-18/h9,11-12,14H,7-8,10,21H2,1-6H3. The van der Waals surface area contributed by atoms with E-state index < -0.39 is 5.60 Å². The highest BCUT2D eigenvalue weighted by Gasteiger charge is 2.33. The van der Waals surface area contributed by atoms with Crippen LogP contribution in [0, 0.1) is 12.8 Å². The van der Waals surface area contributed by atoms with Crippen LogP contribution < -0.4 is 5.73 Å². The third-order valence-electron chi connectivity index (χ3n) is 5.27. The molecule has 0 spiro atoms. The second-order valence-corrected chi connectivity index (χ2v) is 8.53. The second kappa shape index (κ2) is 6.49. The summed E-state index contributed by atoms with van der Waals surface area (Å²) < 4.78 is 7.61. The van der Waals surface area contributed by atoms with Crippen LogP contribution in [0.25, 0.3) is 11.0 Å². The van der Waals surface area contributed by atoms with Gasteiger partial charge in [0.25, 0.3) is 0 Å². The van der Waals surface area contributed by atoms with E-state index in [0.717, 1.165) is 28.7 Å². The number of hydrogen-bond acceptors (Lipinski definition) is 4. The van der Waals surface area contributed by atoms with Gasteiger partial charge in [0.05, 0.1) is 11.9 Å². The lowest BCUT2D eigenvalue weighted by atomic mass is 9.81. The quantitative estimate of drug-likeness (QED) is 0.841. The van der Waals surface area contributed by atoms with Gasteiger partial charge in [0.1, 0.15) is 11.2 Å². The van der Waals surface area contributed by atoms with Gasteiger partial charge in [0.15, 0.2) is 0 Å². The number of piperidine rings is 1. The van der Waals surface area contributed by atoms with Gasteiger partial charge in [0, 0.05) is 31.7 Å². The number of nitrogen functional groups attached to an aromatic ring is 1. The molecule has 2 aromatic rings. The van der Waals surface area contributed by atoms with Crippen LogP contribution in [-0.4, -0.2) is 39.2 Å². The molecule has 142 valence electrons. The van der Waals surface area contributed by atoms with E-state index >= 15 is 0 Å². The Bertz CT molecular complexity index is 834. The lowest BCUT2D eigenvalue weighted by molar-refractivity contribution is 0.0155. The van der Waals surface area contributed by atoms with E-state index in [1.165, 1.54) is 5.56 Å². The molecule has 1 amide bonds. The van der Waals surface area contributed by atoms with E-state index in [2.05, 4.69) is 29.6 Å². The number of amides is 1. The highest BCUT2D eigenvalue weighted by atomic mass is 16.6. The predicted octanol–water partition coefficient (Wildman–Crippen LogP) is 3.82. The highest BCUT2D eigenvalue weighted by Crippen LogP contribution is 2.39. The lowest BCUT2D eigenvalue weighted by Crippen LogP contribution is -2.44. The number of rotatable bonds is 1. The third kappa shape index (κ3) is 3.37. The summed E-state index contributed by atoms with van der Waals surface area (Å²) in [6, 6.07) is 0. The Kier molecular flexibility index (Phi) is 4.63. The fraction of sp³-hybridized carbons (Fsp3) is 0.600. The van der Waals surface area contributed by atoms with Gasteiger partial charge in [0.2, 0.25) is 0 Å². The van der Waals surface area contributed by atoms with Gasteiger partial charge < -0.3 is 19.9 Å². The summed E-state index contributed by atoms with van der Waals surface area (Å²) >= 11 is 0. The Morgan fingerprint density at radius 2 is 2.08 bits per heavy atom. The molecular weight excluding hydrogens is 328 g/mol. The van der Waals surface area contributed by atoms with Crippen LogP contribution in [0.4, 0.5) is 10.5 Å².